The molecule has 2 N–H and O–H groups in total. The van der Waals surface area contributed by atoms with Gasteiger partial charge in [0.05, 0.1) is 52.1 Å². The molecule has 0 aliphatic carbocycles. The van der Waals surface area contributed by atoms with Crippen molar-refractivity contribution in [1.82, 2.24) is 28.9 Å². The summed E-state index contributed by atoms with van der Waals surface area (Å²) in [5, 5.41) is 18.3. The highest BCUT2D eigenvalue weighted by atomic mass is 16.3. The summed E-state index contributed by atoms with van der Waals surface area (Å²) in [5.41, 5.74) is 7.02. The maximum atomic E-state index is 13.3. The Hall–Kier alpha value is -3.98. The molecule has 4 aromatic heterocycles. The molecule has 4 heterocycles. The Labute approximate surface area is 196 Å². The van der Waals surface area contributed by atoms with Gasteiger partial charge in [-0.3, -0.25) is 23.8 Å². The van der Waals surface area contributed by atoms with Gasteiger partial charge in [-0.05, 0) is 44.5 Å². The third kappa shape index (κ3) is 3.36. The topological polar surface area (TPSA) is 103 Å². The van der Waals surface area contributed by atoms with E-state index in [9.17, 15) is 9.90 Å². The van der Waals surface area contributed by atoms with Crippen LogP contribution in [-0.4, -0.2) is 40.5 Å². The lowest BCUT2D eigenvalue weighted by molar-refractivity contribution is 0.277. The number of aliphatic hydroxyl groups is 1. The molecule has 0 saturated heterocycles. The van der Waals surface area contributed by atoms with Crippen molar-refractivity contribution in [2.24, 2.45) is 7.05 Å². The van der Waals surface area contributed by atoms with Crippen LogP contribution in [0, 0.1) is 6.92 Å². The Bertz CT molecular complexity index is 1590. The number of pyridine rings is 2. The van der Waals surface area contributed by atoms with E-state index in [1.807, 2.05) is 55.9 Å². The summed E-state index contributed by atoms with van der Waals surface area (Å²) in [6.07, 6.45) is 5.41. The number of aromatic nitrogens is 6. The van der Waals surface area contributed by atoms with Crippen molar-refractivity contribution in [1.29, 1.82) is 0 Å². The van der Waals surface area contributed by atoms with Gasteiger partial charge in [0.25, 0.3) is 0 Å². The number of nitrogens with one attached hydrogen (secondary N) is 1. The van der Waals surface area contributed by atoms with Crippen LogP contribution in [0.3, 0.4) is 0 Å². The molecule has 0 aliphatic rings. The van der Waals surface area contributed by atoms with E-state index in [4.69, 9.17) is 0 Å². The zero-order valence-corrected chi connectivity index (χ0v) is 19.7. The zero-order valence-electron chi connectivity index (χ0n) is 19.7. The van der Waals surface area contributed by atoms with Crippen molar-refractivity contribution in [3.8, 4) is 16.8 Å². The van der Waals surface area contributed by atoms with Gasteiger partial charge in [0.1, 0.15) is 0 Å². The van der Waals surface area contributed by atoms with Gasteiger partial charge in [-0.2, -0.15) is 5.10 Å². The number of hydrogen-bond donors (Lipinski definition) is 2. The summed E-state index contributed by atoms with van der Waals surface area (Å²) in [6, 6.07) is 8.00. The van der Waals surface area contributed by atoms with Gasteiger partial charge in [-0.1, -0.05) is 6.07 Å². The molecule has 9 heteroatoms. The van der Waals surface area contributed by atoms with Crippen molar-refractivity contribution >= 4 is 27.6 Å². The Morgan fingerprint density at radius 1 is 1.09 bits per heavy atom. The molecule has 174 valence electrons. The van der Waals surface area contributed by atoms with E-state index in [2.05, 4.69) is 20.4 Å². The van der Waals surface area contributed by atoms with Gasteiger partial charge >= 0.3 is 5.69 Å². The van der Waals surface area contributed by atoms with Crippen molar-refractivity contribution in [3.05, 3.63) is 64.7 Å². The third-order valence-corrected chi connectivity index (χ3v) is 6.19. The van der Waals surface area contributed by atoms with E-state index in [-0.39, 0.29) is 12.3 Å². The minimum atomic E-state index is -0.142. The van der Waals surface area contributed by atoms with Crippen LogP contribution in [-0.2, 0) is 20.2 Å². The second-order valence-electron chi connectivity index (χ2n) is 8.26. The fraction of sp³-hybridized carbons (Fsp3) is 0.280. The van der Waals surface area contributed by atoms with Crippen LogP contribution in [0.2, 0.25) is 0 Å². The molecule has 1 aromatic carbocycles. The van der Waals surface area contributed by atoms with Crippen LogP contribution < -0.4 is 11.0 Å². The SMILES string of the molecule is CCNc1cc(-c2ccc3ncc4c(c3c2)n(-c2cn(CC)nc2C)c(=O)n4C)cnc1CO. The number of benzene rings is 1. The summed E-state index contributed by atoms with van der Waals surface area (Å²) in [7, 11) is 1.76. The van der Waals surface area contributed by atoms with Crippen LogP contribution in [0.15, 0.2) is 47.7 Å². The maximum Gasteiger partial charge on any atom is 0.333 e. The summed E-state index contributed by atoms with van der Waals surface area (Å²) in [6.45, 7) is 7.25. The predicted molar refractivity (Wildman–Crippen MR) is 133 cm³/mol. The Balaban J connectivity index is 1.79. The lowest BCUT2D eigenvalue weighted by atomic mass is 10.0. The van der Waals surface area contributed by atoms with E-state index >= 15 is 0 Å². The number of hydrogen-bond acceptors (Lipinski definition) is 6. The molecule has 5 aromatic rings. The molecule has 0 aliphatic heterocycles. The quantitative estimate of drug-likeness (QED) is 0.405. The predicted octanol–water partition coefficient (Wildman–Crippen LogP) is 3.39. The van der Waals surface area contributed by atoms with E-state index < -0.39 is 0 Å². The average Bonchev–Trinajstić information content (AvgIpc) is 3.35. The van der Waals surface area contributed by atoms with Gasteiger partial charge in [0.2, 0.25) is 0 Å². The Morgan fingerprint density at radius 3 is 2.62 bits per heavy atom. The first kappa shape index (κ1) is 21.8. The highest BCUT2D eigenvalue weighted by molar-refractivity contribution is 6.04. The molecule has 0 fully saturated rings. The number of fused-ring (bicyclic) bond motifs is 3. The maximum absolute atomic E-state index is 13.3. The minimum absolute atomic E-state index is 0.133. The minimum Gasteiger partial charge on any atom is -0.390 e. The Kier molecular flexibility index (Phi) is 5.41. The van der Waals surface area contributed by atoms with Crippen LogP contribution in [0.4, 0.5) is 5.69 Å². The number of aryl methyl sites for hydroxylation is 3. The summed E-state index contributed by atoms with van der Waals surface area (Å²) in [5.74, 6) is 0. The largest absolute Gasteiger partial charge is 0.390 e. The monoisotopic (exact) mass is 457 g/mol. The summed E-state index contributed by atoms with van der Waals surface area (Å²) < 4.78 is 5.19. The molecule has 0 radical (unpaired) electrons. The highest BCUT2D eigenvalue weighted by Gasteiger charge is 2.19. The van der Waals surface area contributed by atoms with E-state index in [1.54, 1.807) is 28.6 Å². The lowest BCUT2D eigenvalue weighted by Gasteiger charge is -2.11. The molecule has 0 amide bonds. The van der Waals surface area contributed by atoms with Crippen LogP contribution in [0.1, 0.15) is 25.2 Å². The average molecular weight is 458 g/mol. The second-order valence-corrected chi connectivity index (χ2v) is 8.26. The summed E-state index contributed by atoms with van der Waals surface area (Å²) >= 11 is 0. The smallest absolute Gasteiger partial charge is 0.333 e. The first-order valence-corrected chi connectivity index (χ1v) is 11.3. The molecule has 0 unspecified atom stereocenters. The van der Waals surface area contributed by atoms with E-state index in [0.29, 0.717) is 5.69 Å². The van der Waals surface area contributed by atoms with Gasteiger partial charge < -0.3 is 10.4 Å². The lowest BCUT2D eigenvalue weighted by Crippen LogP contribution is -2.21. The normalized spacial score (nSPS) is 11.6. The summed E-state index contributed by atoms with van der Waals surface area (Å²) in [4.78, 5) is 22.4. The van der Waals surface area contributed by atoms with Crippen LogP contribution in [0.25, 0.3) is 38.8 Å². The highest BCUT2D eigenvalue weighted by Crippen LogP contribution is 2.31. The van der Waals surface area contributed by atoms with Gasteiger partial charge in [0.15, 0.2) is 0 Å². The van der Waals surface area contributed by atoms with Crippen molar-refractivity contribution in [2.75, 3.05) is 11.9 Å². The molecule has 5 rings (SSSR count). The number of imidazole rings is 1. The number of anilines is 1. The molecule has 0 bridgehead atoms. The van der Waals surface area contributed by atoms with Crippen LogP contribution in [0.5, 0.6) is 0 Å². The second kappa shape index (κ2) is 8.42. The fourth-order valence-electron chi connectivity index (χ4n) is 4.41. The Morgan fingerprint density at radius 2 is 1.91 bits per heavy atom. The van der Waals surface area contributed by atoms with Crippen molar-refractivity contribution in [3.63, 3.8) is 0 Å². The molecule has 0 saturated carbocycles. The van der Waals surface area contributed by atoms with Gasteiger partial charge in [-0.25, -0.2) is 4.79 Å². The third-order valence-electron chi connectivity index (χ3n) is 6.19. The standard InChI is InChI=1S/C25H27N7O2/c1-5-26-20-10-17(11-27-21(20)14-33)16-7-8-19-18(9-16)24-22(12-28-19)30(4)25(34)32(24)23-13-31(6-2)29-15(23)3/h7-13,26,33H,5-6,14H2,1-4H3. The van der Waals surface area contributed by atoms with E-state index in [1.165, 1.54) is 0 Å². The van der Waals surface area contributed by atoms with Crippen LogP contribution >= 0.6 is 0 Å². The first-order chi connectivity index (χ1) is 16.5. The fourth-order valence-corrected chi connectivity index (χ4v) is 4.41. The molecular formula is C25H27N7O2. The van der Waals surface area contributed by atoms with Crippen molar-refractivity contribution < 1.29 is 5.11 Å². The van der Waals surface area contributed by atoms with Crippen molar-refractivity contribution in [2.45, 2.75) is 33.9 Å². The van der Waals surface area contributed by atoms with Gasteiger partial charge in [-0.15, -0.1) is 0 Å². The number of rotatable bonds is 6. The molecular weight excluding hydrogens is 430 g/mol. The first-order valence-electron chi connectivity index (χ1n) is 11.3. The molecule has 0 spiro atoms. The number of aliphatic hydroxyl groups excluding tert-OH is 1. The zero-order chi connectivity index (χ0) is 24.0. The van der Waals surface area contributed by atoms with E-state index in [0.717, 1.165) is 63.2 Å². The van der Waals surface area contributed by atoms with Gasteiger partial charge in [0, 0.05) is 43.5 Å². The molecule has 9 nitrogen and oxygen atoms in total. The number of nitrogens with zero attached hydrogens (tertiary/aromatic N) is 6. The molecule has 34 heavy (non-hydrogen) atoms. The molecule has 0 atom stereocenters.